The van der Waals surface area contributed by atoms with Gasteiger partial charge in [0.1, 0.15) is 11.6 Å². The zero-order chi connectivity index (χ0) is 15.9. The van der Waals surface area contributed by atoms with Crippen molar-refractivity contribution in [3.8, 4) is 6.07 Å². The molecule has 1 amide bonds. The number of aryl methyl sites for hydroxylation is 1. The summed E-state index contributed by atoms with van der Waals surface area (Å²) in [6, 6.07) is 9.13. The lowest BCUT2D eigenvalue weighted by atomic mass is 10.2. The summed E-state index contributed by atoms with van der Waals surface area (Å²) in [5.41, 5.74) is 1.63. The molecule has 0 atom stereocenters. The molecular weight excluding hydrogens is 346 g/mol. The van der Waals surface area contributed by atoms with Crippen LogP contribution in [0.25, 0.3) is 0 Å². The lowest BCUT2D eigenvalue weighted by Crippen LogP contribution is -2.14. The summed E-state index contributed by atoms with van der Waals surface area (Å²) >= 11 is 3.22. The number of anilines is 2. The van der Waals surface area contributed by atoms with E-state index >= 15 is 0 Å². The van der Waals surface area contributed by atoms with Gasteiger partial charge in [-0.15, -0.1) is 0 Å². The largest absolute Gasteiger partial charge is 0.329 e. The summed E-state index contributed by atoms with van der Waals surface area (Å²) in [7, 11) is 0. The minimum Gasteiger partial charge on any atom is -0.329 e. The van der Waals surface area contributed by atoms with Crippen molar-refractivity contribution in [3.05, 3.63) is 58.5 Å². The predicted molar refractivity (Wildman–Crippen MR) is 86.9 cm³/mol. The Bertz CT molecular complexity index is 732. The minimum atomic E-state index is -0.504. The van der Waals surface area contributed by atoms with Gasteiger partial charge in [-0.3, -0.25) is 4.79 Å². The molecule has 0 aliphatic rings. The molecule has 1 aromatic carbocycles. The number of carbonyl (C=O) groups excluding carboxylic acids is 1. The molecule has 0 saturated heterocycles. The van der Waals surface area contributed by atoms with E-state index in [-0.39, 0.29) is 5.57 Å². The highest BCUT2D eigenvalue weighted by Gasteiger charge is 2.09. The Hall–Kier alpha value is -2.72. The quantitative estimate of drug-likeness (QED) is 0.648. The van der Waals surface area contributed by atoms with Crippen molar-refractivity contribution in [1.82, 2.24) is 9.97 Å². The number of rotatable bonds is 4. The van der Waals surface area contributed by atoms with E-state index in [1.807, 2.05) is 25.1 Å². The van der Waals surface area contributed by atoms with Gasteiger partial charge < -0.3 is 10.6 Å². The van der Waals surface area contributed by atoms with Gasteiger partial charge in [-0.2, -0.15) is 5.26 Å². The van der Waals surface area contributed by atoms with Crippen molar-refractivity contribution in [2.24, 2.45) is 0 Å². The van der Waals surface area contributed by atoms with Gasteiger partial charge in [0.15, 0.2) is 0 Å². The van der Waals surface area contributed by atoms with Crippen molar-refractivity contribution in [2.45, 2.75) is 6.92 Å². The van der Waals surface area contributed by atoms with E-state index in [0.29, 0.717) is 11.6 Å². The molecule has 0 radical (unpaired) electrons. The van der Waals surface area contributed by atoms with Crippen molar-refractivity contribution in [2.75, 3.05) is 10.6 Å². The lowest BCUT2D eigenvalue weighted by Gasteiger charge is -2.05. The first kappa shape index (κ1) is 15.7. The third-order valence-electron chi connectivity index (χ3n) is 2.64. The Morgan fingerprint density at radius 1 is 1.27 bits per heavy atom. The van der Waals surface area contributed by atoms with Crippen LogP contribution in [0.1, 0.15) is 5.56 Å². The Morgan fingerprint density at radius 3 is 2.50 bits per heavy atom. The van der Waals surface area contributed by atoms with Crippen LogP contribution in [0.2, 0.25) is 0 Å². The van der Waals surface area contributed by atoms with E-state index in [0.717, 1.165) is 10.0 Å². The Labute approximate surface area is 136 Å². The maximum atomic E-state index is 12.0. The van der Waals surface area contributed by atoms with Gasteiger partial charge in [-0.1, -0.05) is 17.7 Å². The molecule has 1 aromatic heterocycles. The molecule has 0 aliphatic heterocycles. The second-order valence-electron chi connectivity index (χ2n) is 4.36. The normalized spacial score (nSPS) is 10.7. The molecule has 0 fully saturated rings. The molecule has 6 nitrogen and oxygen atoms in total. The predicted octanol–water partition coefficient (Wildman–Crippen LogP) is 3.01. The summed E-state index contributed by atoms with van der Waals surface area (Å²) in [5.74, 6) is -0.213. The molecule has 22 heavy (non-hydrogen) atoms. The molecule has 2 N–H and O–H groups in total. The second kappa shape index (κ2) is 7.33. The molecular formula is C15H12BrN5O. The number of nitrogens with one attached hydrogen (secondary N) is 2. The summed E-state index contributed by atoms with van der Waals surface area (Å²) < 4.78 is 0.736. The highest BCUT2D eigenvalue weighted by molar-refractivity contribution is 9.10. The molecule has 2 aromatic rings. The zero-order valence-electron chi connectivity index (χ0n) is 11.7. The van der Waals surface area contributed by atoms with Gasteiger partial charge in [-0.05, 0) is 35.0 Å². The number of carbonyl (C=O) groups is 1. The summed E-state index contributed by atoms with van der Waals surface area (Å²) in [5, 5.41) is 14.4. The van der Waals surface area contributed by atoms with Gasteiger partial charge in [0.05, 0.1) is 4.47 Å². The van der Waals surface area contributed by atoms with E-state index in [9.17, 15) is 4.79 Å². The van der Waals surface area contributed by atoms with Crippen LogP contribution >= 0.6 is 15.9 Å². The number of halogens is 1. The number of amides is 1. The Kier molecular flexibility index (Phi) is 5.22. The molecule has 110 valence electrons. The van der Waals surface area contributed by atoms with E-state index in [2.05, 4.69) is 36.5 Å². The highest BCUT2D eigenvalue weighted by Crippen LogP contribution is 2.11. The molecule has 7 heteroatoms. The Balaban J connectivity index is 2.05. The van der Waals surface area contributed by atoms with Crippen LogP contribution in [0.15, 0.2) is 52.9 Å². The van der Waals surface area contributed by atoms with E-state index in [1.54, 1.807) is 24.5 Å². The number of benzene rings is 1. The third kappa shape index (κ3) is 4.40. The van der Waals surface area contributed by atoms with Crippen LogP contribution in [0.4, 0.5) is 11.6 Å². The highest BCUT2D eigenvalue weighted by atomic mass is 79.9. The minimum absolute atomic E-state index is 0.0768. The maximum absolute atomic E-state index is 12.0. The van der Waals surface area contributed by atoms with Crippen LogP contribution < -0.4 is 10.6 Å². The topological polar surface area (TPSA) is 90.7 Å². The smallest absolute Gasteiger partial charge is 0.267 e. The van der Waals surface area contributed by atoms with Crippen molar-refractivity contribution >= 4 is 33.5 Å². The molecule has 0 saturated carbocycles. The van der Waals surface area contributed by atoms with E-state index in [4.69, 9.17) is 5.26 Å². The van der Waals surface area contributed by atoms with Crippen LogP contribution in [-0.2, 0) is 4.79 Å². The third-order valence-corrected chi connectivity index (χ3v) is 3.05. The van der Waals surface area contributed by atoms with Crippen molar-refractivity contribution in [1.29, 1.82) is 5.26 Å². The second-order valence-corrected chi connectivity index (χ2v) is 5.27. The number of hydrogen-bond donors (Lipinski definition) is 2. The van der Waals surface area contributed by atoms with Gasteiger partial charge in [-0.25, -0.2) is 9.97 Å². The number of nitrogens with zero attached hydrogens (tertiary/aromatic N) is 3. The van der Waals surface area contributed by atoms with Crippen LogP contribution in [0, 0.1) is 18.3 Å². The van der Waals surface area contributed by atoms with E-state index in [1.165, 1.54) is 6.20 Å². The molecule has 0 spiro atoms. The molecule has 0 bridgehead atoms. The number of hydrogen-bond acceptors (Lipinski definition) is 5. The average Bonchev–Trinajstić information content (AvgIpc) is 2.52. The first-order chi connectivity index (χ1) is 10.6. The average molecular weight is 358 g/mol. The first-order valence-corrected chi connectivity index (χ1v) is 7.10. The standard InChI is InChI=1S/C15H12BrN5O/c1-10-2-4-13(5-3-10)21-14(22)11(6-17)7-18-15-19-8-12(16)9-20-15/h2-5,7-9H,1H3,(H,21,22)(H,18,19,20)/b11-7-. The van der Waals surface area contributed by atoms with Gasteiger partial charge >= 0.3 is 0 Å². The summed E-state index contributed by atoms with van der Waals surface area (Å²) in [4.78, 5) is 20.0. The molecule has 2 rings (SSSR count). The fraction of sp³-hybridized carbons (Fsp3) is 0.0667. The summed E-state index contributed by atoms with van der Waals surface area (Å²) in [6.07, 6.45) is 4.38. The van der Waals surface area contributed by atoms with Gasteiger partial charge in [0, 0.05) is 24.3 Å². The molecule has 0 unspecified atom stereocenters. The van der Waals surface area contributed by atoms with Gasteiger partial charge in [0.25, 0.3) is 5.91 Å². The zero-order valence-corrected chi connectivity index (χ0v) is 13.3. The van der Waals surface area contributed by atoms with Crippen molar-refractivity contribution < 1.29 is 4.79 Å². The molecule has 0 aliphatic carbocycles. The van der Waals surface area contributed by atoms with Crippen LogP contribution in [-0.4, -0.2) is 15.9 Å². The first-order valence-electron chi connectivity index (χ1n) is 6.31. The maximum Gasteiger partial charge on any atom is 0.267 e. The molecule has 1 heterocycles. The monoisotopic (exact) mass is 357 g/mol. The summed E-state index contributed by atoms with van der Waals surface area (Å²) in [6.45, 7) is 1.95. The van der Waals surface area contributed by atoms with Crippen molar-refractivity contribution in [3.63, 3.8) is 0 Å². The Morgan fingerprint density at radius 2 is 1.91 bits per heavy atom. The van der Waals surface area contributed by atoms with Crippen LogP contribution in [0.5, 0.6) is 0 Å². The fourth-order valence-electron chi connectivity index (χ4n) is 1.51. The van der Waals surface area contributed by atoms with Gasteiger partial charge in [0.2, 0.25) is 5.95 Å². The van der Waals surface area contributed by atoms with E-state index < -0.39 is 5.91 Å². The SMILES string of the molecule is Cc1ccc(NC(=O)/C(C#N)=C\Nc2ncc(Br)cn2)cc1. The van der Waals surface area contributed by atoms with Crippen LogP contribution in [0.3, 0.4) is 0 Å². The number of nitriles is 1. The fourth-order valence-corrected chi connectivity index (χ4v) is 1.71. The lowest BCUT2D eigenvalue weighted by molar-refractivity contribution is -0.112. The number of aromatic nitrogens is 2.